The first-order valence-electron chi connectivity index (χ1n) is 7.41. The van der Waals surface area contributed by atoms with Crippen molar-refractivity contribution in [2.45, 2.75) is 6.04 Å². The summed E-state index contributed by atoms with van der Waals surface area (Å²) in [6, 6.07) is 14.8. The third-order valence-corrected chi connectivity index (χ3v) is 3.59. The number of hydrogen-bond acceptors (Lipinski definition) is 5. The van der Waals surface area contributed by atoms with Crippen LogP contribution in [0.5, 0.6) is 5.75 Å². The van der Waals surface area contributed by atoms with Crippen molar-refractivity contribution >= 4 is 17.6 Å². The average Bonchev–Trinajstić information content (AvgIpc) is 2.65. The maximum absolute atomic E-state index is 12.4. The molecule has 0 saturated carbocycles. The van der Waals surface area contributed by atoms with Crippen molar-refractivity contribution in [2.75, 3.05) is 25.7 Å². The molecule has 0 bridgehead atoms. The second-order valence-electron chi connectivity index (χ2n) is 5.00. The van der Waals surface area contributed by atoms with Crippen LogP contribution in [0.3, 0.4) is 0 Å². The van der Waals surface area contributed by atoms with Crippen molar-refractivity contribution in [1.29, 1.82) is 0 Å². The quantitative estimate of drug-likeness (QED) is 0.819. The Morgan fingerprint density at radius 1 is 1.04 bits per heavy atom. The van der Waals surface area contributed by atoms with Crippen LogP contribution in [0.1, 0.15) is 11.6 Å². The van der Waals surface area contributed by atoms with Gasteiger partial charge in [0, 0.05) is 5.69 Å². The van der Waals surface area contributed by atoms with Gasteiger partial charge in [0.25, 0.3) is 0 Å². The van der Waals surface area contributed by atoms with Crippen LogP contribution in [0.15, 0.2) is 54.6 Å². The third-order valence-electron chi connectivity index (χ3n) is 3.59. The zero-order chi connectivity index (χ0) is 17.5. The molecule has 2 N–H and O–H groups in total. The standard InChI is InChI=1S/C18H20N2O4/c1-23-15-10-8-13(9-11-15)17(18(22)24-2)20(16(21)12-19)14-6-4-3-5-7-14/h3-11,17H,12,19H2,1-2H3/t17-/m0/s1. The molecule has 1 amide bonds. The summed E-state index contributed by atoms with van der Waals surface area (Å²) in [5.74, 6) is -0.281. The lowest BCUT2D eigenvalue weighted by Crippen LogP contribution is -2.42. The van der Waals surface area contributed by atoms with Gasteiger partial charge in [0.15, 0.2) is 6.04 Å². The predicted molar refractivity (Wildman–Crippen MR) is 90.7 cm³/mol. The summed E-state index contributed by atoms with van der Waals surface area (Å²) in [4.78, 5) is 26.2. The highest BCUT2D eigenvalue weighted by Crippen LogP contribution is 2.29. The number of nitrogens with two attached hydrogens (primary N) is 1. The van der Waals surface area contributed by atoms with E-state index in [2.05, 4.69) is 0 Å². The SMILES string of the molecule is COC(=O)[C@H](c1ccc(OC)cc1)N(C(=O)CN)c1ccccc1. The molecule has 126 valence electrons. The number of nitrogens with zero attached hydrogens (tertiary/aromatic N) is 1. The molecule has 0 aliphatic heterocycles. The number of ether oxygens (including phenoxy) is 2. The van der Waals surface area contributed by atoms with Gasteiger partial charge in [-0.3, -0.25) is 9.69 Å². The molecule has 0 fully saturated rings. The molecule has 0 aromatic heterocycles. The highest BCUT2D eigenvalue weighted by atomic mass is 16.5. The molecule has 2 aromatic carbocycles. The van der Waals surface area contributed by atoms with E-state index < -0.39 is 12.0 Å². The van der Waals surface area contributed by atoms with E-state index in [1.165, 1.54) is 12.0 Å². The van der Waals surface area contributed by atoms with Gasteiger partial charge in [-0.05, 0) is 29.8 Å². The van der Waals surface area contributed by atoms with Gasteiger partial charge >= 0.3 is 5.97 Å². The molecule has 6 nitrogen and oxygen atoms in total. The van der Waals surface area contributed by atoms with E-state index in [0.29, 0.717) is 17.0 Å². The van der Waals surface area contributed by atoms with Gasteiger partial charge in [-0.25, -0.2) is 4.79 Å². The van der Waals surface area contributed by atoms with Gasteiger partial charge in [0.1, 0.15) is 5.75 Å². The molecule has 0 radical (unpaired) electrons. The van der Waals surface area contributed by atoms with E-state index in [0.717, 1.165) is 0 Å². The van der Waals surface area contributed by atoms with Crippen LogP contribution in [-0.2, 0) is 14.3 Å². The number of anilines is 1. The van der Waals surface area contributed by atoms with Gasteiger partial charge < -0.3 is 15.2 Å². The molecule has 2 aromatic rings. The third kappa shape index (κ3) is 3.72. The topological polar surface area (TPSA) is 81.9 Å². The smallest absolute Gasteiger partial charge is 0.333 e. The Bertz CT molecular complexity index is 686. The van der Waals surface area contributed by atoms with Gasteiger partial charge in [-0.15, -0.1) is 0 Å². The summed E-state index contributed by atoms with van der Waals surface area (Å²) < 4.78 is 10.0. The summed E-state index contributed by atoms with van der Waals surface area (Å²) in [6.07, 6.45) is 0. The van der Waals surface area contributed by atoms with Crippen LogP contribution in [0, 0.1) is 0 Å². The Balaban J connectivity index is 2.53. The Hall–Kier alpha value is -2.86. The number of hydrogen-bond donors (Lipinski definition) is 1. The molecule has 0 saturated heterocycles. The fourth-order valence-corrected chi connectivity index (χ4v) is 2.41. The molecule has 24 heavy (non-hydrogen) atoms. The van der Waals surface area contributed by atoms with Gasteiger partial charge in [0.2, 0.25) is 5.91 Å². The van der Waals surface area contributed by atoms with Gasteiger partial charge in [0.05, 0.1) is 20.8 Å². The number of carbonyl (C=O) groups excluding carboxylic acids is 2. The largest absolute Gasteiger partial charge is 0.497 e. The molecule has 0 heterocycles. The van der Waals surface area contributed by atoms with E-state index in [4.69, 9.17) is 15.2 Å². The Morgan fingerprint density at radius 3 is 2.17 bits per heavy atom. The van der Waals surface area contributed by atoms with Gasteiger partial charge in [-0.2, -0.15) is 0 Å². The summed E-state index contributed by atoms with van der Waals surface area (Å²) in [6.45, 7) is -0.224. The maximum Gasteiger partial charge on any atom is 0.333 e. The number of benzene rings is 2. The average molecular weight is 328 g/mol. The second kappa shape index (κ2) is 8.12. The first-order chi connectivity index (χ1) is 11.6. The zero-order valence-electron chi connectivity index (χ0n) is 13.6. The lowest BCUT2D eigenvalue weighted by molar-refractivity contribution is -0.143. The molecular weight excluding hydrogens is 308 g/mol. The van der Waals surface area contributed by atoms with E-state index >= 15 is 0 Å². The van der Waals surface area contributed by atoms with Crippen molar-refractivity contribution in [2.24, 2.45) is 5.73 Å². The van der Waals surface area contributed by atoms with Crippen molar-refractivity contribution in [1.82, 2.24) is 0 Å². The number of methoxy groups -OCH3 is 2. The second-order valence-corrected chi connectivity index (χ2v) is 5.00. The molecule has 0 unspecified atom stereocenters. The van der Waals surface area contributed by atoms with E-state index in [-0.39, 0.29) is 12.5 Å². The van der Waals surface area contributed by atoms with Gasteiger partial charge in [-0.1, -0.05) is 30.3 Å². The van der Waals surface area contributed by atoms with E-state index in [9.17, 15) is 9.59 Å². The highest BCUT2D eigenvalue weighted by molar-refractivity contribution is 6.00. The van der Waals surface area contributed by atoms with Crippen molar-refractivity contribution < 1.29 is 19.1 Å². The number of para-hydroxylation sites is 1. The minimum atomic E-state index is -0.931. The fourth-order valence-electron chi connectivity index (χ4n) is 2.41. The molecule has 1 atom stereocenters. The van der Waals surface area contributed by atoms with E-state index in [1.807, 2.05) is 6.07 Å². The number of carbonyl (C=O) groups is 2. The Morgan fingerprint density at radius 2 is 1.67 bits per heavy atom. The Labute approximate surface area is 140 Å². The molecule has 2 rings (SSSR count). The molecule has 0 spiro atoms. The highest BCUT2D eigenvalue weighted by Gasteiger charge is 2.32. The number of amides is 1. The molecule has 0 aliphatic carbocycles. The zero-order valence-corrected chi connectivity index (χ0v) is 13.6. The predicted octanol–water partition coefficient (Wildman–Crippen LogP) is 1.90. The summed E-state index contributed by atoms with van der Waals surface area (Å²) in [5.41, 5.74) is 6.72. The first-order valence-corrected chi connectivity index (χ1v) is 7.41. The van der Waals surface area contributed by atoms with Crippen molar-refractivity contribution in [3.63, 3.8) is 0 Å². The minimum absolute atomic E-state index is 0.224. The minimum Gasteiger partial charge on any atom is -0.497 e. The monoisotopic (exact) mass is 328 g/mol. The summed E-state index contributed by atoms with van der Waals surface area (Å²) in [7, 11) is 2.84. The molecular formula is C18H20N2O4. The van der Waals surface area contributed by atoms with E-state index in [1.54, 1.807) is 55.6 Å². The maximum atomic E-state index is 12.4. The van der Waals surface area contributed by atoms with Crippen molar-refractivity contribution in [3.8, 4) is 5.75 Å². The first kappa shape index (κ1) is 17.5. The summed E-state index contributed by atoms with van der Waals surface area (Å²) in [5, 5.41) is 0. The lowest BCUT2D eigenvalue weighted by atomic mass is 10.0. The number of esters is 1. The normalized spacial score (nSPS) is 11.5. The fraction of sp³-hybridized carbons (Fsp3) is 0.222. The van der Waals surface area contributed by atoms with Crippen LogP contribution in [-0.4, -0.2) is 32.6 Å². The lowest BCUT2D eigenvalue weighted by Gasteiger charge is -2.30. The molecule has 0 aliphatic rings. The van der Waals surface area contributed by atoms with Crippen LogP contribution >= 0.6 is 0 Å². The van der Waals surface area contributed by atoms with Crippen LogP contribution in [0.25, 0.3) is 0 Å². The molecule has 6 heteroatoms. The van der Waals surface area contributed by atoms with Crippen LogP contribution in [0.2, 0.25) is 0 Å². The van der Waals surface area contributed by atoms with Crippen molar-refractivity contribution in [3.05, 3.63) is 60.2 Å². The van der Waals surface area contributed by atoms with Crippen LogP contribution < -0.4 is 15.4 Å². The van der Waals surface area contributed by atoms with Crippen LogP contribution in [0.4, 0.5) is 5.69 Å². The summed E-state index contributed by atoms with van der Waals surface area (Å²) >= 11 is 0. The Kier molecular flexibility index (Phi) is 5.92. The number of rotatable bonds is 6.